The highest BCUT2D eigenvalue weighted by atomic mass is 16.5. The highest BCUT2D eigenvalue weighted by Gasteiger charge is 2.09. The molecule has 0 aliphatic heterocycles. The molecule has 1 rings (SSSR count). The van der Waals surface area contributed by atoms with Gasteiger partial charge in [-0.1, -0.05) is 17.7 Å². The van der Waals surface area contributed by atoms with Crippen LogP contribution in [0.1, 0.15) is 29.3 Å². The van der Waals surface area contributed by atoms with Gasteiger partial charge in [-0.3, -0.25) is 10.1 Å². The summed E-state index contributed by atoms with van der Waals surface area (Å²) in [5.41, 5.74) is 1.72. The number of amidine groups is 1. The van der Waals surface area contributed by atoms with Gasteiger partial charge in [0.15, 0.2) is 0 Å². The summed E-state index contributed by atoms with van der Waals surface area (Å²) in [6.07, 6.45) is 0.921. The van der Waals surface area contributed by atoms with Gasteiger partial charge in [-0.25, -0.2) is 4.99 Å². The average Bonchev–Trinajstić information content (AvgIpc) is 2.44. The number of aliphatic imine (C=N–C) groups is 1. The molecule has 0 saturated heterocycles. The minimum atomic E-state index is -0.199. The third-order valence-electron chi connectivity index (χ3n) is 2.83. The van der Waals surface area contributed by atoms with Gasteiger partial charge in [0.25, 0.3) is 11.9 Å². The number of aryl methyl sites for hydroxylation is 1. The molecule has 0 heterocycles. The Labute approximate surface area is 127 Å². The van der Waals surface area contributed by atoms with E-state index in [-0.39, 0.29) is 5.91 Å². The van der Waals surface area contributed by atoms with Crippen LogP contribution in [0.15, 0.2) is 29.3 Å². The van der Waals surface area contributed by atoms with Crippen LogP contribution in [0.5, 0.6) is 0 Å². The molecule has 1 amide bonds. The van der Waals surface area contributed by atoms with E-state index in [1.807, 2.05) is 40.1 Å². The molecule has 5 nitrogen and oxygen atoms in total. The van der Waals surface area contributed by atoms with E-state index in [1.54, 1.807) is 12.1 Å². The first-order chi connectivity index (χ1) is 10.0. The molecule has 1 N–H and O–H groups in total. The molecule has 1 aromatic rings. The van der Waals surface area contributed by atoms with Crippen LogP contribution in [-0.4, -0.2) is 50.6 Å². The van der Waals surface area contributed by atoms with Crippen molar-refractivity contribution in [2.24, 2.45) is 4.99 Å². The number of amides is 1. The van der Waals surface area contributed by atoms with Gasteiger partial charge in [0, 0.05) is 12.1 Å². The second-order valence-electron chi connectivity index (χ2n) is 5.10. The Kier molecular flexibility index (Phi) is 7.46. The highest BCUT2D eigenvalue weighted by molar-refractivity contribution is 6.04. The fourth-order valence-corrected chi connectivity index (χ4v) is 1.70. The number of benzene rings is 1. The van der Waals surface area contributed by atoms with Crippen molar-refractivity contribution in [3.63, 3.8) is 0 Å². The van der Waals surface area contributed by atoms with E-state index in [2.05, 4.69) is 15.2 Å². The lowest BCUT2D eigenvalue weighted by Gasteiger charge is -2.10. The first kappa shape index (κ1) is 17.2. The van der Waals surface area contributed by atoms with E-state index in [0.717, 1.165) is 18.5 Å². The Morgan fingerprint density at radius 3 is 2.52 bits per heavy atom. The minimum absolute atomic E-state index is 0.199. The van der Waals surface area contributed by atoms with Crippen LogP contribution in [0.25, 0.3) is 0 Å². The summed E-state index contributed by atoms with van der Waals surface area (Å²) in [5.74, 6) is -0.199. The number of nitrogens with one attached hydrogen (secondary N) is 1. The van der Waals surface area contributed by atoms with Crippen molar-refractivity contribution in [2.75, 3.05) is 33.8 Å². The van der Waals surface area contributed by atoms with Crippen LogP contribution in [0.4, 0.5) is 0 Å². The Balaban J connectivity index is 2.58. The zero-order valence-electron chi connectivity index (χ0n) is 13.3. The third-order valence-corrected chi connectivity index (χ3v) is 2.83. The van der Waals surface area contributed by atoms with E-state index in [0.29, 0.717) is 24.7 Å². The average molecular weight is 291 g/mol. The molecule has 0 fully saturated rings. The molecule has 21 heavy (non-hydrogen) atoms. The van der Waals surface area contributed by atoms with Gasteiger partial charge in [0.1, 0.15) is 0 Å². The quantitative estimate of drug-likeness (QED) is 0.496. The summed E-state index contributed by atoms with van der Waals surface area (Å²) < 4.78 is 5.37. The van der Waals surface area contributed by atoms with Gasteiger partial charge in [0.2, 0.25) is 0 Å². The number of carbonyl (C=O) groups is 1. The van der Waals surface area contributed by atoms with Crippen LogP contribution < -0.4 is 5.32 Å². The second-order valence-corrected chi connectivity index (χ2v) is 5.10. The lowest BCUT2D eigenvalue weighted by Crippen LogP contribution is -2.33. The molecule has 0 aromatic heterocycles. The van der Waals surface area contributed by atoms with Crippen molar-refractivity contribution < 1.29 is 9.53 Å². The van der Waals surface area contributed by atoms with Gasteiger partial charge in [-0.2, -0.15) is 0 Å². The Hall–Kier alpha value is -1.88. The second kappa shape index (κ2) is 9.13. The fraction of sp³-hybridized carbons (Fsp3) is 0.500. The molecule has 5 heteroatoms. The number of rotatable bonds is 6. The monoisotopic (exact) mass is 291 g/mol. The van der Waals surface area contributed by atoms with Gasteiger partial charge < -0.3 is 9.64 Å². The summed E-state index contributed by atoms with van der Waals surface area (Å²) in [5, 5.41) is 2.72. The molecule has 116 valence electrons. The van der Waals surface area contributed by atoms with Crippen molar-refractivity contribution in [3.05, 3.63) is 35.4 Å². The standard InChI is InChI=1S/C16H25N3O2/c1-5-21-16(17-11-6-12-19(3)4)18-15(20)14-9-7-13(2)8-10-14/h7-10H,5-6,11-12H2,1-4H3,(H,17,18,20). The normalized spacial score (nSPS) is 11.6. The molecule has 0 spiro atoms. The number of nitrogens with zero attached hydrogens (tertiary/aromatic N) is 2. The predicted molar refractivity (Wildman–Crippen MR) is 85.7 cm³/mol. The molecule has 0 aliphatic rings. The SMILES string of the molecule is CCOC(=NCCCN(C)C)NC(=O)c1ccc(C)cc1. The first-order valence-electron chi connectivity index (χ1n) is 7.23. The molecule has 0 radical (unpaired) electrons. The van der Waals surface area contributed by atoms with Crippen molar-refractivity contribution in [2.45, 2.75) is 20.3 Å². The van der Waals surface area contributed by atoms with Crippen LogP contribution in [0, 0.1) is 6.92 Å². The number of carbonyl (C=O) groups excluding carboxylic acids is 1. The van der Waals surface area contributed by atoms with Gasteiger partial charge in [-0.05, 0) is 53.0 Å². The van der Waals surface area contributed by atoms with Crippen molar-refractivity contribution in [1.29, 1.82) is 0 Å². The van der Waals surface area contributed by atoms with Gasteiger partial charge in [0.05, 0.1) is 6.61 Å². The summed E-state index contributed by atoms with van der Waals surface area (Å²) in [6.45, 7) is 5.91. The maximum Gasteiger partial charge on any atom is 0.291 e. The smallest absolute Gasteiger partial charge is 0.291 e. The number of ether oxygens (including phenoxy) is 1. The number of hydrogen-bond donors (Lipinski definition) is 1. The molecule has 0 bridgehead atoms. The predicted octanol–water partition coefficient (Wildman–Crippen LogP) is 2.07. The largest absolute Gasteiger partial charge is 0.465 e. The van der Waals surface area contributed by atoms with Crippen molar-refractivity contribution >= 4 is 11.9 Å². The summed E-state index contributed by atoms with van der Waals surface area (Å²) in [4.78, 5) is 18.5. The van der Waals surface area contributed by atoms with E-state index >= 15 is 0 Å². The fourth-order valence-electron chi connectivity index (χ4n) is 1.70. The van der Waals surface area contributed by atoms with Gasteiger partial charge >= 0.3 is 0 Å². The number of hydrogen-bond acceptors (Lipinski definition) is 4. The Morgan fingerprint density at radius 2 is 1.95 bits per heavy atom. The highest BCUT2D eigenvalue weighted by Crippen LogP contribution is 2.03. The zero-order chi connectivity index (χ0) is 15.7. The summed E-state index contributed by atoms with van der Waals surface area (Å²) in [7, 11) is 4.04. The topological polar surface area (TPSA) is 53.9 Å². The lowest BCUT2D eigenvalue weighted by molar-refractivity contribution is 0.0966. The molecular weight excluding hydrogens is 266 g/mol. The van der Waals surface area contributed by atoms with Crippen LogP contribution in [0.2, 0.25) is 0 Å². The molecule has 1 aromatic carbocycles. The first-order valence-corrected chi connectivity index (χ1v) is 7.23. The van der Waals surface area contributed by atoms with Crippen LogP contribution in [-0.2, 0) is 4.74 Å². The summed E-state index contributed by atoms with van der Waals surface area (Å²) >= 11 is 0. The molecule has 0 saturated carbocycles. The van der Waals surface area contributed by atoms with Crippen LogP contribution >= 0.6 is 0 Å². The molecule has 0 unspecified atom stereocenters. The maximum absolute atomic E-state index is 12.1. The lowest BCUT2D eigenvalue weighted by atomic mass is 10.1. The molecule has 0 atom stereocenters. The van der Waals surface area contributed by atoms with E-state index in [1.165, 1.54) is 0 Å². The summed E-state index contributed by atoms with van der Waals surface area (Å²) in [6, 6.07) is 7.69. The third kappa shape index (κ3) is 6.90. The van der Waals surface area contributed by atoms with E-state index < -0.39 is 0 Å². The zero-order valence-corrected chi connectivity index (χ0v) is 13.3. The van der Waals surface area contributed by atoms with E-state index in [9.17, 15) is 4.79 Å². The Bertz CT molecular complexity index is 467. The minimum Gasteiger partial charge on any atom is -0.465 e. The van der Waals surface area contributed by atoms with Crippen molar-refractivity contribution in [3.8, 4) is 0 Å². The van der Waals surface area contributed by atoms with E-state index in [4.69, 9.17) is 4.74 Å². The van der Waals surface area contributed by atoms with Crippen molar-refractivity contribution in [1.82, 2.24) is 10.2 Å². The van der Waals surface area contributed by atoms with Gasteiger partial charge in [-0.15, -0.1) is 0 Å². The maximum atomic E-state index is 12.1. The Morgan fingerprint density at radius 1 is 1.29 bits per heavy atom. The van der Waals surface area contributed by atoms with Crippen LogP contribution in [0.3, 0.4) is 0 Å². The molecular formula is C16H25N3O2. The molecule has 0 aliphatic carbocycles.